The van der Waals surface area contributed by atoms with Crippen LogP contribution in [0.2, 0.25) is 0 Å². The van der Waals surface area contributed by atoms with Gasteiger partial charge in [-0.15, -0.1) is 0 Å². The largest absolute Gasteiger partial charge is 0.378 e. The van der Waals surface area contributed by atoms with Crippen LogP contribution in [0, 0.1) is 0 Å². The molecule has 0 spiro atoms. The molecular formula is C11H21N2O2+. The van der Waals surface area contributed by atoms with Gasteiger partial charge in [0.15, 0.2) is 0 Å². The zero-order chi connectivity index (χ0) is 10.9. The third-order valence-corrected chi connectivity index (χ3v) is 2.14. The van der Waals surface area contributed by atoms with E-state index >= 15 is 0 Å². The zero-order valence-corrected chi connectivity index (χ0v) is 9.69. The van der Waals surface area contributed by atoms with E-state index in [2.05, 4.69) is 27.9 Å². The van der Waals surface area contributed by atoms with Crippen LogP contribution in [-0.2, 0) is 22.6 Å². The topological polar surface area (TPSA) is 27.3 Å². The van der Waals surface area contributed by atoms with Crippen LogP contribution in [0.5, 0.6) is 0 Å². The van der Waals surface area contributed by atoms with Crippen LogP contribution in [0.25, 0.3) is 0 Å². The minimum atomic E-state index is 0.774. The number of ether oxygens (including phenoxy) is 2. The fourth-order valence-electron chi connectivity index (χ4n) is 1.33. The quantitative estimate of drug-likeness (QED) is 0.473. The van der Waals surface area contributed by atoms with Gasteiger partial charge in [-0.2, -0.15) is 0 Å². The molecule has 0 aliphatic carbocycles. The maximum atomic E-state index is 5.29. The van der Waals surface area contributed by atoms with Crippen molar-refractivity contribution in [2.24, 2.45) is 0 Å². The lowest BCUT2D eigenvalue weighted by molar-refractivity contribution is -0.698. The third kappa shape index (κ3) is 4.95. The minimum absolute atomic E-state index is 0.774. The van der Waals surface area contributed by atoms with Gasteiger partial charge in [-0.1, -0.05) is 0 Å². The van der Waals surface area contributed by atoms with Crippen molar-refractivity contribution in [1.29, 1.82) is 0 Å². The van der Waals surface area contributed by atoms with Gasteiger partial charge in [0, 0.05) is 13.2 Å². The van der Waals surface area contributed by atoms with Gasteiger partial charge >= 0.3 is 0 Å². The zero-order valence-electron chi connectivity index (χ0n) is 9.69. The summed E-state index contributed by atoms with van der Waals surface area (Å²) in [5, 5.41) is 0. The maximum absolute atomic E-state index is 5.29. The number of rotatable bonds is 8. The van der Waals surface area contributed by atoms with E-state index in [1.807, 2.05) is 13.8 Å². The maximum Gasteiger partial charge on any atom is 0.243 e. The number of hydrogen-bond acceptors (Lipinski definition) is 2. The molecule has 86 valence electrons. The van der Waals surface area contributed by atoms with Gasteiger partial charge in [0.1, 0.15) is 25.5 Å². The van der Waals surface area contributed by atoms with Gasteiger partial charge in [0.25, 0.3) is 0 Å². The molecule has 4 nitrogen and oxygen atoms in total. The fraction of sp³-hybridized carbons (Fsp3) is 0.727. The van der Waals surface area contributed by atoms with Gasteiger partial charge in [0.05, 0.1) is 13.2 Å². The Morgan fingerprint density at radius 1 is 1.13 bits per heavy atom. The Labute approximate surface area is 91.4 Å². The van der Waals surface area contributed by atoms with E-state index in [0.29, 0.717) is 0 Å². The third-order valence-electron chi connectivity index (χ3n) is 2.14. The van der Waals surface area contributed by atoms with E-state index in [4.69, 9.17) is 9.47 Å². The van der Waals surface area contributed by atoms with E-state index in [-0.39, 0.29) is 0 Å². The van der Waals surface area contributed by atoms with E-state index < -0.39 is 0 Å². The van der Waals surface area contributed by atoms with Crippen molar-refractivity contribution in [1.82, 2.24) is 4.57 Å². The number of nitrogens with zero attached hydrogens (tertiary/aromatic N) is 2. The van der Waals surface area contributed by atoms with E-state index in [1.54, 1.807) is 0 Å². The molecule has 1 rings (SSSR count). The highest BCUT2D eigenvalue weighted by Crippen LogP contribution is 1.86. The van der Waals surface area contributed by atoms with Crippen molar-refractivity contribution in [2.75, 3.05) is 26.4 Å². The minimum Gasteiger partial charge on any atom is -0.378 e. The summed E-state index contributed by atoms with van der Waals surface area (Å²) in [6.45, 7) is 8.96. The van der Waals surface area contributed by atoms with Crippen LogP contribution in [-0.4, -0.2) is 31.0 Å². The van der Waals surface area contributed by atoms with Crippen LogP contribution in [0.3, 0.4) is 0 Å². The first kappa shape index (κ1) is 12.2. The Kier molecular flexibility index (Phi) is 6.04. The lowest BCUT2D eigenvalue weighted by Crippen LogP contribution is -2.33. The van der Waals surface area contributed by atoms with Crippen molar-refractivity contribution in [3.8, 4) is 0 Å². The first-order valence-corrected chi connectivity index (χ1v) is 5.57. The molecule has 0 saturated carbocycles. The lowest BCUT2D eigenvalue weighted by atomic mass is 10.6. The highest BCUT2D eigenvalue weighted by atomic mass is 16.5. The molecule has 0 bridgehead atoms. The molecule has 0 fully saturated rings. The number of aromatic nitrogens is 2. The summed E-state index contributed by atoms with van der Waals surface area (Å²) in [6, 6.07) is 0. The highest BCUT2D eigenvalue weighted by molar-refractivity contribution is 4.65. The van der Waals surface area contributed by atoms with E-state index in [9.17, 15) is 0 Å². The summed E-state index contributed by atoms with van der Waals surface area (Å²) < 4.78 is 14.8. The second kappa shape index (κ2) is 7.43. The Morgan fingerprint density at radius 3 is 2.60 bits per heavy atom. The molecule has 1 aromatic rings. The second-order valence-electron chi connectivity index (χ2n) is 3.28. The van der Waals surface area contributed by atoms with Crippen molar-refractivity contribution in [3.63, 3.8) is 0 Å². The molecular weight excluding hydrogens is 192 g/mol. The molecule has 0 radical (unpaired) electrons. The van der Waals surface area contributed by atoms with Gasteiger partial charge in [-0.3, -0.25) is 0 Å². The van der Waals surface area contributed by atoms with Crippen molar-refractivity contribution >= 4 is 0 Å². The molecule has 15 heavy (non-hydrogen) atoms. The Hall–Kier alpha value is -0.870. The molecule has 0 aliphatic rings. The van der Waals surface area contributed by atoms with Crippen LogP contribution in [0.1, 0.15) is 13.8 Å². The van der Waals surface area contributed by atoms with Crippen LogP contribution >= 0.6 is 0 Å². The number of imidazole rings is 1. The summed E-state index contributed by atoms with van der Waals surface area (Å²) in [7, 11) is 0. The SMILES string of the molecule is CCOCCn1cc[n+](CCOCC)c1. The van der Waals surface area contributed by atoms with E-state index in [1.165, 1.54) is 0 Å². The normalized spacial score (nSPS) is 10.8. The predicted octanol–water partition coefficient (Wildman–Crippen LogP) is 0.849. The Morgan fingerprint density at radius 2 is 1.87 bits per heavy atom. The first-order chi connectivity index (χ1) is 7.36. The molecule has 0 atom stereocenters. The molecule has 4 heteroatoms. The van der Waals surface area contributed by atoms with Crippen molar-refractivity contribution in [2.45, 2.75) is 26.9 Å². The molecule has 0 aromatic carbocycles. The van der Waals surface area contributed by atoms with Gasteiger partial charge in [-0.25, -0.2) is 9.13 Å². The van der Waals surface area contributed by atoms with Gasteiger partial charge in [0.2, 0.25) is 6.33 Å². The van der Waals surface area contributed by atoms with Gasteiger partial charge < -0.3 is 9.47 Å². The predicted molar refractivity (Wildman–Crippen MR) is 57.6 cm³/mol. The van der Waals surface area contributed by atoms with Crippen LogP contribution < -0.4 is 4.57 Å². The average Bonchev–Trinajstić information content (AvgIpc) is 2.67. The molecule has 0 saturated heterocycles. The van der Waals surface area contributed by atoms with Crippen molar-refractivity contribution < 1.29 is 14.0 Å². The fourth-order valence-corrected chi connectivity index (χ4v) is 1.33. The molecule has 0 aliphatic heterocycles. The molecule has 0 N–H and O–H groups in total. The number of hydrogen-bond donors (Lipinski definition) is 0. The molecule has 0 amide bonds. The van der Waals surface area contributed by atoms with Crippen molar-refractivity contribution in [3.05, 3.63) is 18.7 Å². The summed E-state index contributed by atoms with van der Waals surface area (Å²) >= 11 is 0. The van der Waals surface area contributed by atoms with E-state index in [0.717, 1.165) is 39.5 Å². The summed E-state index contributed by atoms with van der Waals surface area (Å²) in [5.74, 6) is 0. The second-order valence-corrected chi connectivity index (χ2v) is 3.28. The van der Waals surface area contributed by atoms with Crippen LogP contribution in [0.15, 0.2) is 18.7 Å². The Balaban J connectivity index is 2.23. The molecule has 1 heterocycles. The summed E-state index contributed by atoms with van der Waals surface area (Å²) in [5.41, 5.74) is 0. The first-order valence-electron chi connectivity index (χ1n) is 5.57. The monoisotopic (exact) mass is 213 g/mol. The standard InChI is InChI=1S/C11H21N2O2/c1-3-14-9-7-12-5-6-13(11-12)8-10-15-4-2/h5-6,11H,3-4,7-10H2,1-2H3/q+1. The summed E-state index contributed by atoms with van der Waals surface area (Å²) in [6.07, 6.45) is 6.20. The molecule has 0 unspecified atom stereocenters. The smallest absolute Gasteiger partial charge is 0.243 e. The Bertz CT molecular complexity index is 236. The summed E-state index contributed by atoms with van der Waals surface area (Å²) in [4.78, 5) is 0. The lowest BCUT2D eigenvalue weighted by Gasteiger charge is -1.98. The average molecular weight is 213 g/mol. The highest BCUT2D eigenvalue weighted by Gasteiger charge is 2.02. The molecule has 1 aromatic heterocycles. The van der Waals surface area contributed by atoms with Crippen LogP contribution in [0.4, 0.5) is 0 Å². The van der Waals surface area contributed by atoms with Gasteiger partial charge in [-0.05, 0) is 13.8 Å².